The maximum Gasteiger partial charge on any atom is 0.129 e. The number of hydrogen-bond acceptors (Lipinski definition) is 4. The Kier molecular flexibility index (Phi) is 4.46. The van der Waals surface area contributed by atoms with Gasteiger partial charge in [-0.05, 0) is 36.4 Å². The lowest BCUT2D eigenvalue weighted by Gasteiger charge is -2.13. The molecule has 0 spiro atoms. The van der Waals surface area contributed by atoms with Gasteiger partial charge in [-0.1, -0.05) is 6.07 Å². The Morgan fingerprint density at radius 3 is 2.05 bits per heavy atom. The Morgan fingerprint density at radius 2 is 1.55 bits per heavy atom. The molecular weight excluding hydrogens is 254 g/mol. The predicted octanol–water partition coefficient (Wildman–Crippen LogP) is 3.15. The second kappa shape index (κ2) is 6.48. The highest BCUT2D eigenvalue weighted by atomic mass is 16.5. The molecule has 0 atom stereocenters. The monoisotopic (exact) mass is 269 g/mol. The van der Waals surface area contributed by atoms with Crippen LogP contribution in [0.25, 0.3) is 0 Å². The SMILES string of the molecule is COc1cccc(OC)c1COc1ccc(C#N)cc1. The van der Waals surface area contributed by atoms with Gasteiger partial charge in [-0.2, -0.15) is 5.26 Å². The maximum absolute atomic E-state index is 8.75. The molecule has 0 heterocycles. The summed E-state index contributed by atoms with van der Waals surface area (Å²) in [6.45, 7) is 0.332. The smallest absolute Gasteiger partial charge is 0.129 e. The van der Waals surface area contributed by atoms with Crippen molar-refractivity contribution in [1.82, 2.24) is 0 Å². The Labute approximate surface area is 118 Å². The molecule has 2 aromatic carbocycles. The van der Waals surface area contributed by atoms with Gasteiger partial charge < -0.3 is 14.2 Å². The normalized spacial score (nSPS) is 9.65. The van der Waals surface area contributed by atoms with Gasteiger partial charge in [-0.3, -0.25) is 0 Å². The number of nitriles is 1. The molecule has 0 aromatic heterocycles. The van der Waals surface area contributed by atoms with Crippen LogP contribution >= 0.6 is 0 Å². The van der Waals surface area contributed by atoms with Crippen LogP contribution in [0.4, 0.5) is 0 Å². The van der Waals surface area contributed by atoms with Crippen molar-refractivity contribution in [2.75, 3.05) is 14.2 Å². The quantitative estimate of drug-likeness (QED) is 0.836. The van der Waals surface area contributed by atoms with E-state index in [1.807, 2.05) is 18.2 Å². The number of benzene rings is 2. The Balaban J connectivity index is 2.15. The van der Waals surface area contributed by atoms with E-state index in [1.54, 1.807) is 38.5 Å². The molecule has 0 radical (unpaired) electrons. The van der Waals surface area contributed by atoms with Crippen LogP contribution in [-0.4, -0.2) is 14.2 Å². The minimum atomic E-state index is 0.332. The van der Waals surface area contributed by atoms with E-state index in [4.69, 9.17) is 19.5 Å². The summed E-state index contributed by atoms with van der Waals surface area (Å²) in [5.41, 5.74) is 1.45. The number of hydrogen-bond donors (Lipinski definition) is 0. The summed E-state index contributed by atoms with van der Waals surface area (Å²) >= 11 is 0. The predicted molar refractivity (Wildman–Crippen MR) is 75.0 cm³/mol. The van der Waals surface area contributed by atoms with Crippen LogP contribution in [0.5, 0.6) is 17.2 Å². The Morgan fingerprint density at radius 1 is 0.950 bits per heavy atom. The summed E-state index contributed by atoms with van der Waals surface area (Å²) in [4.78, 5) is 0. The summed E-state index contributed by atoms with van der Waals surface area (Å²) in [6.07, 6.45) is 0. The molecule has 0 aliphatic rings. The van der Waals surface area contributed by atoms with Crippen LogP contribution < -0.4 is 14.2 Å². The van der Waals surface area contributed by atoms with Crippen LogP contribution in [0.15, 0.2) is 42.5 Å². The van der Waals surface area contributed by atoms with E-state index >= 15 is 0 Å². The van der Waals surface area contributed by atoms with Crippen LogP contribution in [0.1, 0.15) is 11.1 Å². The van der Waals surface area contributed by atoms with Crippen LogP contribution in [0.2, 0.25) is 0 Å². The maximum atomic E-state index is 8.75. The molecule has 2 rings (SSSR count). The van der Waals surface area contributed by atoms with Crippen molar-refractivity contribution in [3.05, 3.63) is 53.6 Å². The lowest BCUT2D eigenvalue weighted by molar-refractivity contribution is 0.286. The number of nitrogens with zero attached hydrogens (tertiary/aromatic N) is 1. The van der Waals surface area contributed by atoms with E-state index in [9.17, 15) is 0 Å². The summed E-state index contributed by atoms with van der Waals surface area (Å²) < 4.78 is 16.3. The third-order valence-electron chi connectivity index (χ3n) is 2.90. The van der Waals surface area contributed by atoms with Crippen molar-refractivity contribution in [3.8, 4) is 23.3 Å². The van der Waals surface area contributed by atoms with Gasteiger partial charge >= 0.3 is 0 Å². The topological polar surface area (TPSA) is 51.5 Å². The van der Waals surface area contributed by atoms with Gasteiger partial charge in [-0.25, -0.2) is 0 Å². The highest BCUT2D eigenvalue weighted by molar-refractivity contribution is 5.44. The molecule has 0 aliphatic heterocycles. The molecule has 0 aliphatic carbocycles. The molecule has 0 N–H and O–H groups in total. The lowest BCUT2D eigenvalue weighted by Crippen LogP contribution is -2.01. The standard InChI is InChI=1S/C16H15NO3/c1-18-15-4-3-5-16(19-2)14(15)11-20-13-8-6-12(10-17)7-9-13/h3-9H,11H2,1-2H3. The average molecular weight is 269 g/mol. The van der Waals surface area contributed by atoms with E-state index in [0.29, 0.717) is 17.9 Å². The highest BCUT2D eigenvalue weighted by Crippen LogP contribution is 2.29. The Hall–Kier alpha value is -2.67. The Bertz CT molecular complexity index is 592. The second-order valence-electron chi connectivity index (χ2n) is 4.07. The zero-order valence-corrected chi connectivity index (χ0v) is 11.4. The minimum Gasteiger partial charge on any atom is -0.496 e. The third-order valence-corrected chi connectivity index (χ3v) is 2.90. The molecular formula is C16H15NO3. The first-order valence-corrected chi connectivity index (χ1v) is 6.11. The van der Waals surface area contributed by atoms with Gasteiger partial charge in [0.05, 0.1) is 31.4 Å². The van der Waals surface area contributed by atoms with Crippen LogP contribution in [-0.2, 0) is 6.61 Å². The van der Waals surface area contributed by atoms with E-state index in [-0.39, 0.29) is 0 Å². The second-order valence-corrected chi connectivity index (χ2v) is 4.07. The molecule has 0 fully saturated rings. The summed E-state index contributed by atoms with van der Waals surface area (Å²) in [5, 5.41) is 8.75. The first-order chi connectivity index (χ1) is 9.78. The molecule has 0 unspecified atom stereocenters. The van der Waals surface area contributed by atoms with Gasteiger partial charge in [0, 0.05) is 0 Å². The van der Waals surface area contributed by atoms with Gasteiger partial charge in [0.25, 0.3) is 0 Å². The molecule has 4 nitrogen and oxygen atoms in total. The molecule has 102 valence electrons. The van der Waals surface area contributed by atoms with Crippen molar-refractivity contribution in [1.29, 1.82) is 5.26 Å². The van der Waals surface area contributed by atoms with Crippen molar-refractivity contribution >= 4 is 0 Å². The van der Waals surface area contributed by atoms with Crippen molar-refractivity contribution in [2.24, 2.45) is 0 Å². The molecule has 0 bridgehead atoms. The van der Waals surface area contributed by atoms with Crippen LogP contribution in [0.3, 0.4) is 0 Å². The molecule has 0 amide bonds. The fraction of sp³-hybridized carbons (Fsp3) is 0.188. The van der Waals surface area contributed by atoms with Gasteiger partial charge in [-0.15, -0.1) is 0 Å². The van der Waals surface area contributed by atoms with Crippen molar-refractivity contribution in [2.45, 2.75) is 6.61 Å². The molecule has 4 heteroatoms. The number of rotatable bonds is 5. The first kappa shape index (κ1) is 13.8. The fourth-order valence-corrected chi connectivity index (χ4v) is 1.85. The van der Waals surface area contributed by atoms with Crippen molar-refractivity contribution in [3.63, 3.8) is 0 Å². The summed E-state index contributed by atoms with van der Waals surface area (Å²) in [5.74, 6) is 2.13. The van der Waals surface area contributed by atoms with Gasteiger partial charge in [0.2, 0.25) is 0 Å². The van der Waals surface area contributed by atoms with E-state index in [2.05, 4.69) is 6.07 Å². The molecule has 0 saturated carbocycles. The fourth-order valence-electron chi connectivity index (χ4n) is 1.85. The third kappa shape index (κ3) is 3.01. The van der Waals surface area contributed by atoms with Crippen LogP contribution in [0, 0.1) is 11.3 Å². The van der Waals surface area contributed by atoms with Crippen molar-refractivity contribution < 1.29 is 14.2 Å². The molecule has 0 saturated heterocycles. The average Bonchev–Trinajstić information content (AvgIpc) is 2.52. The zero-order valence-electron chi connectivity index (χ0n) is 11.4. The molecule has 2 aromatic rings. The number of ether oxygens (including phenoxy) is 3. The highest BCUT2D eigenvalue weighted by Gasteiger charge is 2.10. The van der Waals surface area contributed by atoms with Gasteiger partial charge in [0.15, 0.2) is 0 Å². The van der Waals surface area contributed by atoms with E-state index in [1.165, 1.54) is 0 Å². The van der Waals surface area contributed by atoms with E-state index < -0.39 is 0 Å². The first-order valence-electron chi connectivity index (χ1n) is 6.11. The number of methoxy groups -OCH3 is 2. The minimum absolute atomic E-state index is 0.332. The summed E-state index contributed by atoms with van der Waals surface area (Å²) in [7, 11) is 3.22. The summed E-state index contributed by atoms with van der Waals surface area (Å²) in [6, 6.07) is 14.6. The molecule has 20 heavy (non-hydrogen) atoms. The zero-order chi connectivity index (χ0) is 14.4. The largest absolute Gasteiger partial charge is 0.496 e. The van der Waals surface area contributed by atoms with E-state index in [0.717, 1.165) is 17.1 Å². The lowest BCUT2D eigenvalue weighted by atomic mass is 10.2. The van der Waals surface area contributed by atoms with Gasteiger partial charge in [0.1, 0.15) is 23.9 Å².